The van der Waals surface area contributed by atoms with E-state index >= 15 is 0 Å². The molecule has 2 saturated heterocycles. The van der Waals surface area contributed by atoms with Crippen LogP contribution in [0.15, 0.2) is 22.6 Å². The Morgan fingerprint density at radius 3 is 2.63 bits per heavy atom. The van der Waals surface area contributed by atoms with Gasteiger partial charge in [0.15, 0.2) is 0 Å². The molecule has 30 heavy (non-hydrogen) atoms. The van der Waals surface area contributed by atoms with Crippen LogP contribution in [0.5, 0.6) is 11.5 Å². The zero-order valence-corrected chi connectivity index (χ0v) is 18.1. The number of hydrogen-bond acceptors (Lipinski definition) is 6. The van der Waals surface area contributed by atoms with Gasteiger partial charge in [0, 0.05) is 32.1 Å². The number of methoxy groups -OCH3 is 2. The van der Waals surface area contributed by atoms with E-state index in [1.807, 2.05) is 25.1 Å². The van der Waals surface area contributed by atoms with Crippen molar-refractivity contribution in [3.63, 3.8) is 0 Å². The molecule has 162 valence electrons. The molecule has 3 heterocycles. The van der Waals surface area contributed by atoms with E-state index in [2.05, 4.69) is 9.80 Å². The van der Waals surface area contributed by atoms with Gasteiger partial charge in [-0.25, -0.2) is 4.98 Å². The Bertz CT molecular complexity index is 887. The molecule has 0 spiro atoms. The second-order valence-corrected chi connectivity index (χ2v) is 8.25. The minimum Gasteiger partial charge on any atom is -0.497 e. The lowest BCUT2D eigenvalue weighted by Crippen LogP contribution is -2.39. The van der Waals surface area contributed by atoms with Gasteiger partial charge in [-0.2, -0.15) is 0 Å². The molecule has 2 aromatic rings. The van der Waals surface area contributed by atoms with E-state index in [1.165, 1.54) is 0 Å². The number of nitrogens with zero attached hydrogens (tertiary/aromatic N) is 3. The maximum absolute atomic E-state index is 11.9. The van der Waals surface area contributed by atoms with Crippen molar-refractivity contribution in [1.29, 1.82) is 0 Å². The number of amides is 1. The number of piperidine rings is 1. The summed E-state index contributed by atoms with van der Waals surface area (Å²) in [4.78, 5) is 21.1. The van der Waals surface area contributed by atoms with Gasteiger partial charge in [-0.1, -0.05) is 0 Å². The van der Waals surface area contributed by atoms with Gasteiger partial charge < -0.3 is 18.8 Å². The Labute approximate surface area is 178 Å². The van der Waals surface area contributed by atoms with Crippen LogP contribution in [0.3, 0.4) is 0 Å². The molecule has 1 aromatic heterocycles. The third-order valence-electron chi connectivity index (χ3n) is 6.26. The third kappa shape index (κ3) is 4.46. The highest BCUT2D eigenvalue weighted by atomic mass is 16.5. The smallest absolute Gasteiger partial charge is 0.230 e. The van der Waals surface area contributed by atoms with Crippen molar-refractivity contribution in [3.05, 3.63) is 29.7 Å². The fourth-order valence-corrected chi connectivity index (χ4v) is 4.41. The number of aryl methyl sites for hydroxylation is 1. The first-order valence-electron chi connectivity index (χ1n) is 10.8. The normalized spacial score (nSPS) is 18.2. The van der Waals surface area contributed by atoms with Gasteiger partial charge in [0.1, 0.15) is 17.3 Å². The van der Waals surface area contributed by atoms with Gasteiger partial charge in [-0.15, -0.1) is 0 Å². The Kier molecular flexibility index (Phi) is 6.27. The number of carbonyl (C=O) groups excluding carboxylic acids is 1. The number of hydrogen-bond donors (Lipinski definition) is 0. The van der Waals surface area contributed by atoms with Crippen LogP contribution in [0.2, 0.25) is 0 Å². The van der Waals surface area contributed by atoms with Gasteiger partial charge in [0.2, 0.25) is 11.8 Å². The average Bonchev–Trinajstić information content (AvgIpc) is 3.34. The third-order valence-corrected chi connectivity index (χ3v) is 6.26. The average molecular weight is 414 g/mol. The van der Waals surface area contributed by atoms with E-state index in [0.29, 0.717) is 23.5 Å². The summed E-state index contributed by atoms with van der Waals surface area (Å²) >= 11 is 0. The van der Waals surface area contributed by atoms with E-state index in [0.717, 1.165) is 81.2 Å². The molecule has 1 aromatic carbocycles. The van der Waals surface area contributed by atoms with Crippen LogP contribution in [0.1, 0.15) is 37.1 Å². The first-order chi connectivity index (χ1) is 14.6. The van der Waals surface area contributed by atoms with Crippen molar-refractivity contribution in [2.75, 3.05) is 40.4 Å². The molecule has 2 aliphatic heterocycles. The molecule has 0 saturated carbocycles. The van der Waals surface area contributed by atoms with Crippen molar-refractivity contribution in [2.45, 2.75) is 39.2 Å². The zero-order valence-electron chi connectivity index (χ0n) is 18.1. The number of rotatable bonds is 7. The van der Waals surface area contributed by atoms with Crippen molar-refractivity contribution in [2.24, 2.45) is 5.92 Å². The second kappa shape index (κ2) is 9.08. The van der Waals surface area contributed by atoms with E-state index in [-0.39, 0.29) is 0 Å². The van der Waals surface area contributed by atoms with Gasteiger partial charge in [0.05, 0.1) is 25.5 Å². The lowest BCUT2D eigenvalue weighted by atomic mass is 9.96. The molecule has 0 aliphatic carbocycles. The first-order valence-corrected chi connectivity index (χ1v) is 10.8. The summed E-state index contributed by atoms with van der Waals surface area (Å²) in [6.45, 7) is 6.67. The molecule has 4 rings (SSSR count). The molecular weight excluding hydrogens is 382 g/mol. The van der Waals surface area contributed by atoms with Crippen molar-refractivity contribution in [1.82, 2.24) is 14.8 Å². The molecule has 0 atom stereocenters. The number of carbonyl (C=O) groups is 1. The quantitative estimate of drug-likeness (QED) is 0.692. The minimum atomic E-state index is 0.331. The number of benzene rings is 1. The maximum Gasteiger partial charge on any atom is 0.230 e. The Morgan fingerprint density at radius 2 is 1.97 bits per heavy atom. The topological polar surface area (TPSA) is 68.0 Å². The number of ether oxygens (including phenoxy) is 2. The zero-order chi connectivity index (χ0) is 21.1. The SMILES string of the molecule is COc1ccc(-c2nc(CN3CCC(CN4CCCC4=O)CC3)c(C)o2)c(OC)c1. The summed E-state index contributed by atoms with van der Waals surface area (Å²) in [5.41, 5.74) is 1.79. The van der Waals surface area contributed by atoms with E-state index in [9.17, 15) is 4.79 Å². The van der Waals surface area contributed by atoms with Crippen molar-refractivity contribution in [3.8, 4) is 23.0 Å². The second-order valence-electron chi connectivity index (χ2n) is 8.25. The standard InChI is InChI=1S/C23H31N3O4/c1-16-20(24-23(30-16)19-7-6-18(28-2)13-21(19)29-3)15-25-11-8-17(9-12-25)14-26-10-4-5-22(26)27/h6-7,13,17H,4-5,8-12,14-15H2,1-3H3. The first kappa shape index (κ1) is 20.7. The van der Waals surface area contributed by atoms with Crippen LogP contribution in [-0.2, 0) is 11.3 Å². The predicted octanol–water partition coefficient (Wildman–Crippen LogP) is 3.50. The summed E-state index contributed by atoms with van der Waals surface area (Å²) in [5, 5.41) is 0. The van der Waals surface area contributed by atoms with Crippen LogP contribution >= 0.6 is 0 Å². The molecule has 7 heteroatoms. The lowest BCUT2D eigenvalue weighted by Gasteiger charge is -2.33. The summed E-state index contributed by atoms with van der Waals surface area (Å²) in [6, 6.07) is 5.63. The highest BCUT2D eigenvalue weighted by molar-refractivity contribution is 5.78. The van der Waals surface area contributed by atoms with Crippen LogP contribution < -0.4 is 9.47 Å². The van der Waals surface area contributed by atoms with Gasteiger partial charge in [-0.05, 0) is 57.3 Å². The van der Waals surface area contributed by atoms with Gasteiger partial charge in [-0.3, -0.25) is 9.69 Å². The molecule has 2 fully saturated rings. The van der Waals surface area contributed by atoms with Gasteiger partial charge in [0.25, 0.3) is 0 Å². The van der Waals surface area contributed by atoms with E-state index < -0.39 is 0 Å². The Balaban J connectivity index is 1.37. The van der Waals surface area contributed by atoms with Crippen LogP contribution in [0.4, 0.5) is 0 Å². The molecule has 1 amide bonds. The molecule has 0 radical (unpaired) electrons. The summed E-state index contributed by atoms with van der Waals surface area (Å²) in [5.74, 6) is 3.77. The largest absolute Gasteiger partial charge is 0.497 e. The van der Waals surface area contributed by atoms with Crippen LogP contribution in [0, 0.1) is 12.8 Å². The summed E-state index contributed by atoms with van der Waals surface area (Å²) < 4.78 is 16.7. The highest BCUT2D eigenvalue weighted by Crippen LogP contribution is 2.34. The minimum absolute atomic E-state index is 0.331. The number of aromatic nitrogens is 1. The number of likely N-dealkylation sites (tertiary alicyclic amines) is 2. The van der Waals surface area contributed by atoms with E-state index in [4.69, 9.17) is 18.9 Å². The maximum atomic E-state index is 11.9. The van der Waals surface area contributed by atoms with E-state index in [1.54, 1.807) is 14.2 Å². The molecule has 0 bridgehead atoms. The summed E-state index contributed by atoms with van der Waals surface area (Å²) in [6.07, 6.45) is 4.00. The van der Waals surface area contributed by atoms with Gasteiger partial charge >= 0.3 is 0 Å². The van der Waals surface area contributed by atoms with Crippen molar-refractivity contribution < 1.29 is 18.7 Å². The molecule has 0 N–H and O–H groups in total. The van der Waals surface area contributed by atoms with Crippen LogP contribution in [0.25, 0.3) is 11.5 Å². The predicted molar refractivity (Wildman–Crippen MR) is 114 cm³/mol. The molecule has 2 aliphatic rings. The fourth-order valence-electron chi connectivity index (χ4n) is 4.41. The van der Waals surface area contributed by atoms with Crippen LogP contribution in [-0.4, -0.2) is 61.1 Å². The molecule has 0 unspecified atom stereocenters. The lowest BCUT2D eigenvalue weighted by molar-refractivity contribution is -0.128. The summed E-state index contributed by atoms with van der Waals surface area (Å²) in [7, 11) is 3.27. The number of oxazole rings is 1. The Hall–Kier alpha value is -2.54. The molecule has 7 nitrogen and oxygen atoms in total. The van der Waals surface area contributed by atoms with Crippen molar-refractivity contribution >= 4 is 5.91 Å². The highest BCUT2D eigenvalue weighted by Gasteiger charge is 2.27. The Morgan fingerprint density at radius 1 is 1.17 bits per heavy atom. The monoisotopic (exact) mass is 413 g/mol. The molecular formula is C23H31N3O4. The fraction of sp³-hybridized carbons (Fsp3) is 0.565.